The number of likely N-dealkylation sites (tertiary alicyclic amines) is 1. The van der Waals surface area contributed by atoms with Crippen molar-refractivity contribution in [1.82, 2.24) is 4.90 Å². The number of carbonyl (C=O) groups excluding carboxylic acids is 2. The summed E-state index contributed by atoms with van der Waals surface area (Å²) in [5.41, 5.74) is 4.78. The van der Waals surface area contributed by atoms with Crippen LogP contribution < -0.4 is 5.73 Å². The Bertz CT molecular complexity index is 432. The van der Waals surface area contributed by atoms with Crippen LogP contribution in [0.1, 0.15) is 26.7 Å². The molecule has 19 heavy (non-hydrogen) atoms. The molecular weight excluding hydrogens is 248 g/mol. The molecule has 1 saturated heterocycles. The predicted molar refractivity (Wildman–Crippen MR) is 66.9 cm³/mol. The Morgan fingerprint density at radius 3 is 2.37 bits per heavy atom. The summed E-state index contributed by atoms with van der Waals surface area (Å²) in [6, 6.07) is 0. The van der Waals surface area contributed by atoms with E-state index in [0.717, 1.165) is 6.42 Å². The first kappa shape index (κ1) is 13.8. The maximum Gasteiger partial charge on any atom is 0.307 e. The van der Waals surface area contributed by atoms with Crippen molar-refractivity contribution < 1.29 is 19.5 Å². The summed E-state index contributed by atoms with van der Waals surface area (Å²) in [5, 5.41) is 9.10. The number of hydrogen-bond acceptors (Lipinski definition) is 3. The molecule has 0 bridgehead atoms. The zero-order valence-corrected chi connectivity index (χ0v) is 11.3. The van der Waals surface area contributed by atoms with Crippen LogP contribution in [0.25, 0.3) is 0 Å². The van der Waals surface area contributed by atoms with Gasteiger partial charge in [0.2, 0.25) is 11.8 Å². The number of aliphatic carboxylic acids is 1. The van der Waals surface area contributed by atoms with Crippen molar-refractivity contribution in [3.63, 3.8) is 0 Å². The monoisotopic (exact) mass is 268 g/mol. The van der Waals surface area contributed by atoms with Crippen LogP contribution in [-0.4, -0.2) is 40.9 Å². The van der Waals surface area contributed by atoms with Crippen LogP contribution in [0, 0.1) is 23.2 Å². The fourth-order valence-corrected chi connectivity index (χ4v) is 3.17. The Morgan fingerprint density at radius 2 is 1.89 bits per heavy atom. The summed E-state index contributed by atoms with van der Waals surface area (Å²) in [6.07, 6.45) is 1.44. The number of amides is 2. The van der Waals surface area contributed by atoms with Gasteiger partial charge in [-0.3, -0.25) is 14.4 Å². The SMILES string of the molecule is CC1(C)[C@H](C(=O)O)[C@@H]1C(=O)N1CCC[C@@H](C(N)=O)C1. The Labute approximate surface area is 111 Å². The number of nitrogens with zero attached hydrogens (tertiary/aromatic N) is 1. The second-order valence-electron chi connectivity index (χ2n) is 6.14. The standard InChI is InChI=1S/C13H20N2O4/c1-13(2)8(9(13)12(18)19)11(17)15-5-3-4-7(6-15)10(14)16/h7-9H,3-6H2,1-2H3,(H2,14,16)(H,18,19)/t7-,8-,9+/m1/s1. The van der Waals surface area contributed by atoms with Crippen molar-refractivity contribution in [2.45, 2.75) is 26.7 Å². The van der Waals surface area contributed by atoms with Gasteiger partial charge >= 0.3 is 5.97 Å². The molecule has 3 N–H and O–H groups in total. The van der Waals surface area contributed by atoms with Crippen molar-refractivity contribution in [1.29, 1.82) is 0 Å². The van der Waals surface area contributed by atoms with Crippen molar-refractivity contribution in [2.24, 2.45) is 28.9 Å². The first-order chi connectivity index (χ1) is 8.76. The number of piperidine rings is 1. The van der Waals surface area contributed by atoms with Crippen LogP contribution in [0.2, 0.25) is 0 Å². The number of primary amides is 1. The summed E-state index contributed by atoms with van der Waals surface area (Å²) < 4.78 is 0. The van der Waals surface area contributed by atoms with Gasteiger partial charge in [0.15, 0.2) is 0 Å². The van der Waals surface area contributed by atoms with Crippen LogP contribution in [0.3, 0.4) is 0 Å². The number of carboxylic acids is 1. The van der Waals surface area contributed by atoms with E-state index < -0.39 is 23.2 Å². The van der Waals surface area contributed by atoms with Gasteiger partial charge in [-0.25, -0.2) is 0 Å². The second-order valence-corrected chi connectivity index (χ2v) is 6.14. The number of carboxylic acid groups (broad SMARTS) is 1. The van der Waals surface area contributed by atoms with Gasteiger partial charge in [-0.2, -0.15) is 0 Å². The lowest BCUT2D eigenvalue weighted by Gasteiger charge is -2.31. The van der Waals surface area contributed by atoms with Crippen molar-refractivity contribution >= 4 is 17.8 Å². The zero-order chi connectivity index (χ0) is 14.4. The molecule has 2 fully saturated rings. The Balaban J connectivity index is 2.05. The molecule has 1 aliphatic carbocycles. The third kappa shape index (κ3) is 2.31. The van der Waals surface area contributed by atoms with E-state index in [1.54, 1.807) is 18.7 Å². The fourth-order valence-electron chi connectivity index (χ4n) is 3.17. The summed E-state index contributed by atoms with van der Waals surface area (Å²) in [4.78, 5) is 36.3. The van der Waals surface area contributed by atoms with Gasteiger partial charge in [-0.05, 0) is 18.3 Å². The van der Waals surface area contributed by atoms with Crippen LogP contribution in [-0.2, 0) is 14.4 Å². The maximum absolute atomic E-state index is 12.4. The smallest absolute Gasteiger partial charge is 0.307 e. The highest BCUT2D eigenvalue weighted by Crippen LogP contribution is 2.59. The van der Waals surface area contributed by atoms with Crippen molar-refractivity contribution in [3.8, 4) is 0 Å². The largest absolute Gasteiger partial charge is 0.481 e. The van der Waals surface area contributed by atoms with Gasteiger partial charge in [-0.1, -0.05) is 13.8 Å². The number of rotatable bonds is 3. The molecule has 106 valence electrons. The van der Waals surface area contributed by atoms with Crippen LogP contribution in [0.5, 0.6) is 0 Å². The highest BCUT2D eigenvalue weighted by molar-refractivity contribution is 5.92. The zero-order valence-electron chi connectivity index (χ0n) is 11.3. The van der Waals surface area contributed by atoms with E-state index in [0.29, 0.717) is 19.5 Å². The van der Waals surface area contributed by atoms with Crippen LogP contribution in [0.4, 0.5) is 0 Å². The molecule has 0 aromatic rings. The normalized spacial score (nSPS) is 32.7. The van der Waals surface area contributed by atoms with Crippen molar-refractivity contribution in [3.05, 3.63) is 0 Å². The van der Waals surface area contributed by atoms with Gasteiger partial charge in [0.05, 0.1) is 17.8 Å². The average Bonchev–Trinajstić information content (AvgIpc) is 2.91. The molecule has 2 aliphatic rings. The molecule has 2 amide bonds. The maximum atomic E-state index is 12.4. The molecule has 0 aromatic heterocycles. The van der Waals surface area contributed by atoms with Gasteiger partial charge in [-0.15, -0.1) is 0 Å². The van der Waals surface area contributed by atoms with E-state index in [1.165, 1.54) is 0 Å². The molecule has 1 saturated carbocycles. The molecular formula is C13H20N2O4. The topological polar surface area (TPSA) is 101 Å². The minimum Gasteiger partial charge on any atom is -0.481 e. The van der Waals surface area contributed by atoms with Crippen molar-refractivity contribution in [2.75, 3.05) is 13.1 Å². The van der Waals surface area contributed by atoms with E-state index in [2.05, 4.69) is 0 Å². The lowest BCUT2D eigenvalue weighted by atomic mass is 9.96. The van der Waals surface area contributed by atoms with Gasteiger partial charge in [0.25, 0.3) is 0 Å². The Morgan fingerprint density at radius 1 is 1.26 bits per heavy atom. The van der Waals surface area contributed by atoms with Crippen LogP contribution >= 0.6 is 0 Å². The summed E-state index contributed by atoms with van der Waals surface area (Å²) in [6.45, 7) is 4.50. The fraction of sp³-hybridized carbons (Fsp3) is 0.769. The minimum atomic E-state index is -0.924. The predicted octanol–water partition coefficient (Wildman–Crippen LogP) is 0.0671. The molecule has 0 aromatic carbocycles. The molecule has 2 rings (SSSR count). The first-order valence-electron chi connectivity index (χ1n) is 6.57. The summed E-state index contributed by atoms with van der Waals surface area (Å²) in [5.74, 6) is -2.86. The molecule has 3 atom stereocenters. The molecule has 0 radical (unpaired) electrons. The Kier molecular flexibility index (Phi) is 3.28. The third-order valence-corrected chi connectivity index (χ3v) is 4.49. The van der Waals surface area contributed by atoms with E-state index in [1.807, 2.05) is 0 Å². The number of carbonyl (C=O) groups is 3. The lowest BCUT2D eigenvalue weighted by molar-refractivity contribution is -0.143. The quantitative estimate of drug-likeness (QED) is 0.756. The molecule has 6 heteroatoms. The number of hydrogen-bond donors (Lipinski definition) is 2. The molecule has 1 heterocycles. The molecule has 0 unspecified atom stereocenters. The second kappa shape index (κ2) is 4.51. The van der Waals surface area contributed by atoms with E-state index in [9.17, 15) is 14.4 Å². The Hall–Kier alpha value is -1.59. The first-order valence-corrected chi connectivity index (χ1v) is 6.57. The average molecular weight is 268 g/mol. The van der Waals surface area contributed by atoms with Crippen LogP contribution in [0.15, 0.2) is 0 Å². The molecule has 6 nitrogen and oxygen atoms in total. The van der Waals surface area contributed by atoms with Gasteiger partial charge in [0.1, 0.15) is 0 Å². The van der Waals surface area contributed by atoms with E-state index >= 15 is 0 Å². The van der Waals surface area contributed by atoms with E-state index in [4.69, 9.17) is 10.8 Å². The summed E-state index contributed by atoms with van der Waals surface area (Å²) in [7, 11) is 0. The third-order valence-electron chi connectivity index (χ3n) is 4.49. The summed E-state index contributed by atoms with van der Waals surface area (Å²) >= 11 is 0. The highest BCUT2D eigenvalue weighted by Gasteiger charge is 2.66. The lowest BCUT2D eigenvalue weighted by Crippen LogP contribution is -2.45. The highest BCUT2D eigenvalue weighted by atomic mass is 16.4. The minimum absolute atomic E-state index is 0.150. The van der Waals surface area contributed by atoms with E-state index in [-0.39, 0.29) is 17.7 Å². The van der Waals surface area contributed by atoms with Gasteiger partial charge in [0, 0.05) is 13.1 Å². The molecule has 1 aliphatic heterocycles. The number of nitrogens with two attached hydrogens (primary N) is 1. The molecule has 0 spiro atoms. The van der Waals surface area contributed by atoms with Gasteiger partial charge < -0.3 is 15.7 Å².